The van der Waals surface area contributed by atoms with E-state index in [1.165, 1.54) is 18.1 Å². The third-order valence-electron chi connectivity index (χ3n) is 4.35. The maximum Gasteiger partial charge on any atom is 0.237 e. The summed E-state index contributed by atoms with van der Waals surface area (Å²) in [4.78, 5) is 21.4. The van der Waals surface area contributed by atoms with E-state index < -0.39 is 0 Å². The Labute approximate surface area is 172 Å². The summed E-state index contributed by atoms with van der Waals surface area (Å²) in [6, 6.07) is 17.1. The third-order valence-corrected chi connectivity index (χ3v) is 5.47. The van der Waals surface area contributed by atoms with Crippen LogP contribution in [0, 0.1) is 0 Å². The molecule has 0 aliphatic carbocycles. The van der Waals surface area contributed by atoms with Crippen LogP contribution in [0.5, 0.6) is 5.75 Å². The number of ether oxygens (including phenoxy) is 1. The van der Waals surface area contributed by atoms with Crippen LogP contribution >= 0.6 is 11.8 Å². The van der Waals surface area contributed by atoms with Crippen LogP contribution in [0.4, 0.5) is 5.69 Å². The zero-order valence-electron chi connectivity index (χ0n) is 15.9. The highest BCUT2D eigenvalue weighted by Gasteiger charge is 2.20. The Bertz CT molecular complexity index is 1150. The molecule has 8 heteroatoms. The van der Waals surface area contributed by atoms with Gasteiger partial charge < -0.3 is 10.1 Å². The van der Waals surface area contributed by atoms with Gasteiger partial charge in [0.05, 0.1) is 35.3 Å². The van der Waals surface area contributed by atoms with Crippen molar-refractivity contribution in [3.63, 3.8) is 0 Å². The maximum atomic E-state index is 12.7. The summed E-state index contributed by atoms with van der Waals surface area (Å²) in [5.74, 6) is 0.480. The Balaban J connectivity index is 1.56. The fraction of sp³-hybridized carbons (Fsp3) is 0.143. The SMILES string of the molecule is COc1ccccc1NC(=O)C(C)Sc1ncnc2c1cnn2-c1ccccc1. The molecule has 29 heavy (non-hydrogen) atoms. The van der Waals surface area contributed by atoms with Gasteiger partial charge in [-0.1, -0.05) is 42.1 Å². The number of para-hydroxylation sites is 3. The first-order valence-electron chi connectivity index (χ1n) is 9.02. The van der Waals surface area contributed by atoms with Crippen LogP contribution in [0.3, 0.4) is 0 Å². The number of carbonyl (C=O) groups excluding carboxylic acids is 1. The fourth-order valence-electron chi connectivity index (χ4n) is 2.88. The van der Waals surface area contributed by atoms with E-state index in [9.17, 15) is 4.79 Å². The van der Waals surface area contributed by atoms with E-state index >= 15 is 0 Å². The van der Waals surface area contributed by atoms with E-state index in [1.54, 1.807) is 30.1 Å². The second kappa shape index (κ2) is 8.32. The quantitative estimate of drug-likeness (QED) is 0.386. The first-order valence-corrected chi connectivity index (χ1v) is 9.90. The van der Waals surface area contributed by atoms with Gasteiger partial charge in [0, 0.05) is 0 Å². The van der Waals surface area contributed by atoms with Crippen molar-refractivity contribution < 1.29 is 9.53 Å². The van der Waals surface area contributed by atoms with Gasteiger partial charge in [-0.2, -0.15) is 5.10 Å². The zero-order valence-corrected chi connectivity index (χ0v) is 16.8. The monoisotopic (exact) mass is 405 g/mol. The molecule has 1 amide bonds. The molecule has 0 aliphatic heterocycles. The molecule has 2 aromatic heterocycles. The fourth-order valence-corrected chi connectivity index (χ4v) is 3.76. The Morgan fingerprint density at radius 1 is 1.10 bits per heavy atom. The van der Waals surface area contributed by atoms with Crippen LogP contribution < -0.4 is 10.1 Å². The van der Waals surface area contributed by atoms with Gasteiger partial charge in [0.15, 0.2) is 5.65 Å². The number of nitrogens with one attached hydrogen (secondary N) is 1. The van der Waals surface area contributed by atoms with Crippen LogP contribution in [0.25, 0.3) is 16.7 Å². The van der Waals surface area contributed by atoms with Crippen molar-refractivity contribution in [1.82, 2.24) is 19.7 Å². The highest BCUT2D eigenvalue weighted by atomic mass is 32.2. The normalized spacial score (nSPS) is 11.9. The van der Waals surface area contributed by atoms with Gasteiger partial charge in [0.2, 0.25) is 5.91 Å². The Morgan fingerprint density at radius 3 is 2.66 bits per heavy atom. The van der Waals surface area contributed by atoms with Crippen molar-refractivity contribution >= 4 is 34.4 Å². The molecule has 2 aromatic carbocycles. The van der Waals surface area contributed by atoms with Crippen LogP contribution in [-0.4, -0.2) is 38.0 Å². The smallest absolute Gasteiger partial charge is 0.237 e. The number of carbonyl (C=O) groups is 1. The van der Waals surface area contributed by atoms with Crippen molar-refractivity contribution in [2.75, 3.05) is 12.4 Å². The summed E-state index contributed by atoms with van der Waals surface area (Å²) in [5, 5.41) is 8.50. The minimum absolute atomic E-state index is 0.137. The number of aromatic nitrogens is 4. The summed E-state index contributed by atoms with van der Waals surface area (Å²) >= 11 is 1.37. The molecule has 7 nitrogen and oxygen atoms in total. The van der Waals surface area contributed by atoms with E-state index in [0.717, 1.165) is 11.1 Å². The summed E-state index contributed by atoms with van der Waals surface area (Å²) in [6.07, 6.45) is 3.23. The first-order chi connectivity index (χ1) is 14.2. The van der Waals surface area contributed by atoms with Crippen LogP contribution in [0.15, 0.2) is 72.1 Å². The second-order valence-corrected chi connectivity index (χ2v) is 7.59. The largest absolute Gasteiger partial charge is 0.495 e. The molecule has 2 heterocycles. The Morgan fingerprint density at radius 2 is 1.86 bits per heavy atom. The van der Waals surface area contributed by atoms with Gasteiger partial charge in [-0.25, -0.2) is 14.6 Å². The molecular weight excluding hydrogens is 386 g/mol. The molecule has 0 spiro atoms. The number of amides is 1. The highest BCUT2D eigenvalue weighted by molar-refractivity contribution is 8.00. The molecule has 0 radical (unpaired) electrons. The Kier molecular flexibility index (Phi) is 5.44. The summed E-state index contributed by atoms with van der Waals surface area (Å²) in [7, 11) is 1.57. The average molecular weight is 405 g/mol. The van der Waals surface area contributed by atoms with Crippen LogP contribution in [-0.2, 0) is 4.79 Å². The molecule has 0 saturated heterocycles. The standard InChI is InChI=1S/C21H19N5O2S/c1-14(20(27)25-17-10-6-7-11-18(17)28-2)29-21-16-12-24-26(19(16)22-13-23-21)15-8-4-3-5-9-15/h3-14H,1-2H3,(H,25,27). The number of hydrogen-bond donors (Lipinski definition) is 1. The first kappa shape index (κ1) is 18.9. The third kappa shape index (κ3) is 3.93. The summed E-state index contributed by atoms with van der Waals surface area (Å²) in [5.41, 5.74) is 2.25. The van der Waals surface area contributed by atoms with Crippen molar-refractivity contribution in [2.45, 2.75) is 17.2 Å². The topological polar surface area (TPSA) is 81.9 Å². The summed E-state index contributed by atoms with van der Waals surface area (Å²) in [6.45, 7) is 1.84. The number of anilines is 1. The highest BCUT2D eigenvalue weighted by Crippen LogP contribution is 2.30. The molecule has 0 saturated carbocycles. The molecule has 0 bridgehead atoms. The van der Waals surface area contributed by atoms with Gasteiger partial charge in [-0.05, 0) is 31.2 Å². The minimum Gasteiger partial charge on any atom is -0.495 e. The summed E-state index contributed by atoms with van der Waals surface area (Å²) < 4.78 is 7.06. The van der Waals surface area contributed by atoms with E-state index in [1.807, 2.05) is 49.4 Å². The number of fused-ring (bicyclic) bond motifs is 1. The molecular formula is C21H19N5O2S. The zero-order chi connectivity index (χ0) is 20.2. The molecule has 146 valence electrons. The molecule has 1 unspecified atom stereocenters. The van der Waals surface area contributed by atoms with Crippen LogP contribution in [0.2, 0.25) is 0 Å². The lowest BCUT2D eigenvalue weighted by atomic mass is 10.3. The molecule has 4 aromatic rings. The minimum atomic E-state index is -0.377. The number of thioether (sulfide) groups is 1. The average Bonchev–Trinajstić information content (AvgIpc) is 3.20. The van der Waals surface area contributed by atoms with Gasteiger partial charge in [0.25, 0.3) is 0 Å². The van der Waals surface area contributed by atoms with Crippen molar-refractivity contribution in [3.8, 4) is 11.4 Å². The number of nitrogens with zero attached hydrogens (tertiary/aromatic N) is 4. The van der Waals surface area contributed by atoms with E-state index in [0.29, 0.717) is 22.1 Å². The lowest BCUT2D eigenvalue weighted by Gasteiger charge is -2.14. The molecule has 1 atom stereocenters. The molecule has 4 rings (SSSR count). The molecule has 1 N–H and O–H groups in total. The number of hydrogen-bond acceptors (Lipinski definition) is 6. The lowest BCUT2D eigenvalue weighted by Crippen LogP contribution is -2.22. The van der Waals surface area contributed by atoms with Gasteiger partial charge in [-0.15, -0.1) is 0 Å². The van der Waals surface area contributed by atoms with Crippen molar-refractivity contribution in [3.05, 3.63) is 67.1 Å². The molecule has 0 aliphatic rings. The molecule has 0 fully saturated rings. The predicted octanol–water partition coefficient (Wildman–Crippen LogP) is 3.94. The van der Waals surface area contributed by atoms with Crippen molar-refractivity contribution in [2.24, 2.45) is 0 Å². The number of methoxy groups -OCH3 is 1. The Hall–Kier alpha value is -3.39. The number of benzene rings is 2. The van der Waals surface area contributed by atoms with Crippen LogP contribution in [0.1, 0.15) is 6.92 Å². The van der Waals surface area contributed by atoms with E-state index in [4.69, 9.17) is 4.74 Å². The van der Waals surface area contributed by atoms with Gasteiger partial charge in [0.1, 0.15) is 17.1 Å². The second-order valence-electron chi connectivity index (χ2n) is 6.26. The van der Waals surface area contributed by atoms with Crippen molar-refractivity contribution in [1.29, 1.82) is 0 Å². The number of rotatable bonds is 6. The van der Waals surface area contributed by atoms with E-state index in [2.05, 4.69) is 20.4 Å². The predicted molar refractivity (Wildman–Crippen MR) is 114 cm³/mol. The lowest BCUT2D eigenvalue weighted by molar-refractivity contribution is -0.115. The van der Waals surface area contributed by atoms with E-state index in [-0.39, 0.29) is 11.2 Å². The maximum absolute atomic E-state index is 12.7. The van der Waals surface area contributed by atoms with Gasteiger partial charge in [-0.3, -0.25) is 4.79 Å². The van der Waals surface area contributed by atoms with Gasteiger partial charge >= 0.3 is 0 Å².